The van der Waals surface area contributed by atoms with Crippen molar-refractivity contribution in [3.8, 4) is 0 Å². The zero-order valence-electron chi connectivity index (χ0n) is 17.7. The van der Waals surface area contributed by atoms with E-state index in [1.54, 1.807) is 0 Å². The van der Waals surface area contributed by atoms with Gasteiger partial charge in [-0.3, -0.25) is 18.6 Å². The SMILES string of the molecule is CC(C)NC(=O)Cn1c2ccccc2n2c(SCC(=O)N3CCCC[C@@H]3C)nnc12. The number of carbonyl (C=O) groups is 2. The van der Waals surface area contributed by atoms with Crippen LogP contribution in [-0.4, -0.2) is 60.3 Å². The average Bonchev–Trinajstić information content (AvgIpc) is 3.25. The first-order chi connectivity index (χ1) is 14.5. The average molecular weight is 429 g/mol. The number of hydrogen-bond acceptors (Lipinski definition) is 5. The van der Waals surface area contributed by atoms with E-state index in [2.05, 4.69) is 22.4 Å². The highest BCUT2D eigenvalue weighted by molar-refractivity contribution is 7.99. The van der Waals surface area contributed by atoms with Crippen molar-refractivity contribution >= 4 is 40.4 Å². The maximum absolute atomic E-state index is 12.7. The van der Waals surface area contributed by atoms with Crippen LogP contribution < -0.4 is 5.32 Å². The maximum Gasteiger partial charge on any atom is 0.240 e. The molecule has 2 amide bonds. The van der Waals surface area contributed by atoms with Gasteiger partial charge < -0.3 is 10.2 Å². The van der Waals surface area contributed by atoms with Crippen LogP contribution >= 0.6 is 11.8 Å². The van der Waals surface area contributed by atoms with Gasteiger partial charge in [-0.25, -0.2) is 0 Å². The van der Waals surface area contributed by atoms with Crippen LogP contribution in [-0.2, 0) is 16.1 Å². The maximum atomic E-state index is 12.7. The monoisotopic (exact) mass is 428 g/mol. The lowest BCUT2D eigenvalue weighted by molar-refractivity contribution is -0.131. The highest BCUT2D eigenvalue weighted by Crippen LogP contribution is 2.26. The van der Waals surface area contributed by atoms with E-state index in [1.807, 2.05) is 52.0 Å². The summed E-state index contributed by atoms with van der Waals surface area (Å²) in [6, 6.07) is 8.23. The summed E-state index contributed by atoms with van der Waals surface area (Å²) in [5, 5.41) is 12.3. The van der Waals surface area contributed by atoms with Crippen LogP contribution in [0.1, 0.15) is 40.0 Å². The first kappa shape index (κ1) is 20.7. The van der Waals surface area contributed by atoms with E-state index < -0.39 is 0 Å². The molecule has 160 valence electrons. The summed E-state index contributed by atoms with van der Waals surface area (Å²) in [6.07, 6.45) is 3.33. The summed E-state index contributed by atoms with van der Waals surface area (Å²) >= 11 is 1.40. The molecule has 4 rings (SSSR count). The van der Waals surface area contributed by atoms with Gasteiger partial charge in [0.15, 0.2) is 5.16 Å². The third-order valence-corrected chi connectivity index (χ3v) is 6.38. The number of benzene rings is 1. The number of para-hydroxylation sites is 2. The molecule has 30 heavy (non-hydrogen) atoms. The van der Waals surface area contributed by atoms with Crippen LogP contribution in [0.5, 0.6) is 0 Å². The fourth-order valence-corrected chi connectivity index (χ4v) is 4.90. The number of rotatable bonds is 6. The van der Waals surface area contributed by atoms with Gasteiger partial charge in [0.1, 0.15) is 6.54 Å². The van der Waals surface area contributed by atoms with Crippen LogP contribution in [0.2, 0.25) is 0 Å². The Morgan fingerprint density at radius 1 is 1.20 bits per heavy atom. The van der Waals surface area contributed by atoms with Crippen molar-refractivity contribution in [2.45, 2.75) is 63.8 Å². The standard InChI is InChI=1S/C21H28N6O2S/c1-14(2)22-18(28)12-26-16-9-4-5-10-17(16)27-20(26)23-24-21(27)30-13-19(29)25-11-7-6-8-15(25)3/h4-5,9-10,14-15H,6-8,11-13H2,1-3H3,(H,22,28)/t15-/m0/s1. The van der Waals surface area contributed by atoms with Crippen LogP contribution in [0.4, 0.5) is 0 Å². The van der Waals surface area contributed by atoms with Gasteiger partial charge in [0, 0.05) is 18.6 Å². The van der Waals surface area contributed by atoms with Gasteiger partial charge >= 0.3 is 0 Å². The predicted octanol–water partition coefficient (Wildman–Crippen LogP) is 2.70. The summed E-state index contributed by atoms with van der Waals surface area (Å²) in [7, 11) is 0. The second kappa shape index (κ2) is 8.67. The lowest BCUT2D eigenvalue weighted by Crippen LogP contribution is -2.42. The number of aromatic nitrogens is 4. The van der Waals surface area contributed by atoms with E-state index >= 15 is 0 Å². The van der Waals surface area contributed by atoms with Crippen molar-refractivity contribution in [3.05, 3.63) is 24.3 Å². The normalized spacial score (nSPS) is 17.2. The van der Waals surface area contributed by atoms with Crippen LogP contribution in [0.15, 0.2) is 29.4 Å². The molecule has 0 bridgehead atoms. The molecule has 1 aromatic carbocycles. The number of carbonyl (C=O) groups excluding carboxylic acids is 2. The summed E-state index contributed by atoms with van der Waals surface area (Å²) in [4.78, 5) is 27.1. The molecule has 1 N–H and O–H groups in total. The molecule has 3 heterocycles. The molecule has 1 saturated heterocycles. The molecule has 0 unspecified atom stereocenters. The van der Waals surface area contributed by atoms with Crippen molar-refractivity contribution in [3.63, 3.8) is 0 Å². The van der Waals surface area contributed by atoms with Gasteiger partial charge in [-0.15, -0.1) is 10.2 Å². The minimum Gasteiger partial charge on any atom is -0.352 e. The fraction of sp³-hybridized carbons (Fsp3) is 0.524. The zero-order chi connectivity index (χ0) is 21.3. The molecule has 1 atom stereocenters. The number of nitrogens with one attached hydrogen (secondary N) is 1. The molecule has 9 heteroatoms. The number of amides is 2. The van der Waals surface area contributed by atoms with E-state index in [1.165, 1.54) is 18.2 Å². The fourth-order valence-electron chi connectivity index (χ4n) is 4.08. The molecule has 2 aromatic heterocycles. The van der Waals surface area contributed by atoms with Crippen molar-refractivity contribution in [2.75, 3.05) is 12.3 Å². The van der Waals surface area contributed by atoms with Crippen molar-refractivity contribution < 1.29 is 9.59 Å². The van der Waals surface area contributed by atoms with Crippen LogP contribution in [0, 0.1) is 0 Å². The smallest absolute Gasteiger partial charge is 0.240 e. The predicted molar refractivity (Wildman–Crippen MR) is 118 cm³/mol. The lowest BCUT2D eigenvalue weighted by atomic mass is 10.0. The molecule has 0 aliphatic carbocycles. The minimum absolute atomic E-state index is 0.0697. The third-order valence-electron chi connectivity index (χ3n) is 5.47. The molecule has 0 radical (unpaired) electrons. The number of fused-ring (bicyclic) bond motifs is 3. The number of piperidine rings is 1. The molecule has 1 aliphatic rings. The zero-order valence-corrected chi connectivity index (χ0v) is 18.5. The Balaban J connectivity index is 1.60. The molecular weight excluding hydrogens is 400 g/mol. The number of nitrogens with zero attached hydrogens (tertiary/aromatic N) is 5. The second-order valence-corrected chi connectivity index (χ2v) is 9.08. The first-order valence-corrected chi connectivity index (χ1v) is 11.5. The highest BCUT2D eigenvalue weighted by Gasteiger charge is 2.24. The minimum atomic E-state index is -0.0697. The topological polar surface area (TPSA) is 84.5 Å². The van der Waals surface area contributed by atoms with E-state index in [0.29, 0.717) is 22.7 Å². The van der Waals surface area contributed by atoms with Gasteiger partial charge in [0.2, 0.25) is 17.6 Å². The largest absolute Gasteiger partial charge is 0.352 e. The number of imidazole rings is 1. The Morgan fingerprint density at radius 3 is 2.70 bits per heavy atom. The lowest BCUT2D eigenvalue weighted by Gasteiger charge is -2.33. The molecule has 1 fully saturated rings. The quantitative estimate of drug-likeness (QED) is 0.610. The summed E-state index contributed by atoms with van der Waals surface area (Å²) in [5.41, 5.74) is 1.84. The number of thioether (sulfide) groups is 1. The van der Waals surface area contributed by atoms with Gasteiger partial charge in [-0.1, -0.05) is 23.9 Å². The van der Waals surface area contributed by atoms with E-state index in [4.69, 9.17) is 0 Å². The Labute approximate surface area is 180 Å². The van der Waals surface area contributed by atoms with Crippen LogP contribution in [0.25, 0.3) is 16.8 Å². The Kier molecular flexibility index (Phi) is 5.99. The molecular formula is C21H28N6O2S. The van der Waals surface area contributed by atoms with Gasteiger partial charge in [-0.05, 0) is 52.2 Å². The van der Waals surface area contributed by atoms with Crippen molar-refractivity contribution in [1.29, 1.82) is 0 Å². The van der Waals surface area contributed by atoms with Crippen LogP contribution in [0.3, 0.4) is 0 Å². The van der Waals surface area contributed by atoms with Gasteiger partial charge in [0.25, 0.3) is 0 Å². The molecule has 8 nitrogen and oxygen atoms in total. The Hall–Kier alpha value is -2.55. The number of likely N-dealkylation sites (tertiary alicyclic amines) is 1. The second-order valence-electron chi connectivity index (χ2n) is 8.14. The number of hydrogen-bond donors (Lipinski definition) is 1. The summed E-state index contributed by atoms with van der Waals surface area (Å²) < 4.78 is 3.81. The molecule has 3 aromatic rings. The molecule has 0 saturated carbocycles. The molecule has 1 aliphatic heterocycles. The van der Waals surface area contributed by atoms with Gasteiger partial charge in [-0.2, -0.15) is 0 Å². The Bertz CT molecular complexity index is 1070. The van der Waals surface area contributed by atoms with E-state index in [9.17, 15) is 9.59 Å². The third kappa shape index (κ3) is 4.03. The van der Waals surface area contributed by atoms with E-state index in [0.717, 1.165) is 30.4 Å². The molecule has 0 spiro atoms. The highest BCUT2D eigenvalue weighted by atomic mass is 32.2. The van der Waals surface area contributed by atoms with Crippen molar-refractivity contribution in [1.82, 2.24) is 29.4 Å². The van der Waals surface area contributed by atoms with Crippen molar-refractivity contribution in [2.24, 2.45) is 0 Å². The van der Waals surface area contributed by atoms with Gasteiger partial charge in [0.05, 0.1) is 16.8 Å². The first-order valence-electron chi connectivity index (χ1n) is 10.5. The summed E-state index contributed by atoms with van der Waals surface area (Å²) in [5.74, 6) is 1.01. The van der Waals surface area contributed by atoms with E-state index in [-0.39, 0.29) is 24.4 Å². The summed E-state index contributed by atoms with van der Waals surface area (Å²) in [6.45, 7) is 7.00. The Morgan fingerprint density at radius 2 is 1.97 bits per heavy atom.